The highest BCUT2D eigenvalue weighted by Crippen LogP contribution is 2.33. The summed E-state index contributed by atoms with van der Waals surface area (Å²) in [6.45, 7) is 5.45. The zero-order valence-corrected chi connectivity index (χ0v) is 21.9. The summed E-state index contributed by atoms with van der Waals surface area (Å²) >= 11 is 6.12. The molecule has 9 nitrogen and oxygen atoms in total. The van der Waals surface area contributed by atoms with Crippen LogP contribution in [0.2, 0.25) is 5.02 Å². The molecule has 1 aliphatic rings. The summed E-state index contributed by atoms with van der Waals surface area (Å²) in [5.74, 6) is 2.00. The van der Waals surface area contributed by atoms with Gasteiger partial charge < -0.3 is 14.7 Å². The van der Waals surface area contributed by atoms with Crippen LogP contribution in [0.4, 0.5) is 11.8 Å². The number of piperidine rings is 1. The number of fused-ring (bicyclic) bond motifs is 1. The summed E-state index contributed by atoms with van der Waals surface area (Å²) < 4.78 is 29.4. The third-order valence-electron chi connectivity index (χ3n) is 6.56. The number of nitrogens with zero attached hydrogens (tertiary/aromatic N) is 5. The fourth-order valence-electron chi connectivity index (χ4n) is 4.67. The maximum absolute atomic E-state index is 12.0. The van der Waals surface area contributed by atoms with E-state index in [4.69, 9.17) is 26.1 Å². The zero-order valence-electron chi connectivity index (χ0n) is 20.3. The Morgan fingerprint density at radius 2 is 1.92 bits per heavy atom. The number of pyridine rings is 1. The van der Waals surface area contributed by atoms with Gasteiger partial charge in [-0.2, -0.15) is 4.98 Å². The van der Waals surface area contributed by atoms with E-state index in [9.17, 15) is 8.42 Å². The van der Waals surface area contributed by atoms with Crippen LogP contribution >= 0.6 is 11.6 Å². The van der Waals surface area contributed by atoms with E-state index in [2.05, 4.69) is 20.4 Å². The number of aromatic nitrogens is 4. The number of hydrogen-bond donors (Lipinski definition) is 1. The quantitative estimate of drug-likeness (QED) is 0.385. The molecule has 1 aliphatic heterocycles. The molecule has 0 amide bonds. The van der Waals surface area contributed by atoms with Gasteiger partial charge in [-0.15, -0.1) is 0 Å². The van der Waals surface area contributed by atoms with Gasteiger partial charge in [-0.25, -0.2) is 13.4 Å². The lowest BCUT2D eigenvalue weighted by atomic mass is 10.0. The molecule has 4 aromatic rings. The zero-order chi connectivity index (χ0) is 25.4. The number of rotatable bonds is 6. The maximum Gasteiger partial charge on any atom is 0.227 e. The molecule has 0 unspecified atom stereocenters. The molecule has 0 saturated carbocycles. The second-order valence-electron chi connectivity index (χ2n) is 9.18. The standard InChI is InChI=1S/C25H27ClN6O3S/c1-15-23(16(2)35-31-15)18-4-5-22-21(11-18)24(28-13-17-10-19(26)14-27-12-17)30-25(29-22)32-8-6-20(7-9-32)36(3,33)34/h4-5,10-12,14,20H,6-9,13H2,1-3H3,(H,28,29,30). The number of benzene rings is 1. The van der Waals surface area contributed by atoms with Gasteiger partial charge in [0.05, 0.1) is 21.5 Å². The van der Waals surface area contributed by atoms with Crippen LogP contribution in [0.15, 0.2) is 41.2 Å². The van der Waals surface area contributed by atoms with Crippen molar-refractivity contribution < 1.29 is 12.9 Å². The smallest absolute Gasteiger partial charge is 0.227 e. The second-order valence-corrected chi connectivity index (χ2v) is 11.9. The third kappa shape index (κ3) is 5.01. The van der Waals surface area contributed by atoms with Crippen LogP contribution in [0.3, 0.4) is 0 Å². The molecule has 0 spiro atoms. The highest BCUT2D eigenvalue weighted by atomic mass is 35.5. The average molecular weight is 527 g/mol. The minimum Gasteiger partial charge on any atom is -0.365 e. The van der Waals surface area contributed by atoms with Gasteiger partial charge in [0, 0.05) is 49.2 Å². The Balaban J connectivity index is 1.53. The van der Waals surface area contributed by atoms with E-state index >= 15 is 0 Å². The molecule has 0 radical (unpaired) electrons. The molecule has 3 aromatic heterocycles. The summed E-state index contributed by atoms with van der Waals surface area (Å²) in [5.41, 5.74) is 4.45. The Morgan fingerprint density at radius 3 is 2.58 bits per heavy atom. The van der Waals surface area contributed by atoms with Crippen LogP contribution in [0.1, 0.15) is 29.9 Å². The van der Waals surface area contributed by atoms with Gasteiger partial charge in [0.25, 0.3) is 0 Å². The first kappa shape index (κ1) is 24.5. The Kier molecular flexibility index (Phi) is 6.57. The molecule has 0 bridgehead atoms. The SMILES string of the molecule is Cc1noc(C)c1-c1ccc2nc(N3CCC(S(C)(=O)=O)CC3)nc(NCc3cncc(Cl)c3)c2c1. The highest BCUT2D eigenvalue weighted by molar-refractivity contribution is 7.91. The molecule has 1 N–H and O–H groups in total. The number of aryl methyl sites for hydroxylation is 2. The minimum absolute atomic E-state index is 0.320. The fourth-order valence-corrected chi connectivity index (χ4v) is 5.93. The van der Waals surface area contributed by atoms with Gasteiger partial charge in [-0.05, 0) is 56.0 Å². The van der Waals surface area contributed by atoms with Crippen LogP contribution < -0.4 is 10.2 Å². The van der Waals surface area contributed by atoms with Crippen molar-refractivity contribution >= 4 is 44.1 Å². The van der Waals surface area contributed by atoms with E-state index in [0.717, 1.165) is 39.0 Å². The first-order valence-electron chi connectivity index (χ1n) is 11.7. The Hall–Kier alpha value is -3.24. The van der Waals surface area contributed by atoms with E-state index < -0.39 is 9.84 Å². The van der Waals surface area contributed by atoms with Gasteiger partial charge in [-0.3, -0.25) is 4.98 Å². The van der Waals surface area contributed by atoms with Gasteiger partial charge >= 0.3 is 0 Å². The number of hydrogen-bond acceptors (Lipinski definition) is 9. The van der Waals surface area contributed by atoms with Crippen molar-refractivity contribution in [2.75, 3.05) is 29.6 Å². The first-order chi connectivity index (χ1) is 17.2. The molecule has 1 aromatic carbocycles. The minimum atomic E-state index is -3.06. The molecule has 0 aliphatic carbocycles. The molecular weight excluding hydrogens is 500 g/mol. The van der Waals surface area contributed by atoms with Crippen molar-refractivity contribution in [3.63, 3.8) is 0 Å². The summed E-state index contributed by atoms with van der Waals surface area (Å²) in [6, 6.07) is 7.88. The van der Waals surface area contributed by atoms with Crippen LogP contribution in [-0.2, 0) is 16.4 Å². The molecule has 11 heteroatoms. The largest absolute Gasteiger partial charge is 0.365 e. The summed E-state index contributed by atoms with van der Waals surface area (Å²) in [4.78, 5) is 15.9. The van der Waals surface area contributed by atoms with Crippen molar-refractivity contribution in [1.82, 2.24) is 20.1 Å². The molecule has 4 heterocycles. The number of anilines is 2. The molecule has 188 valence electrons. The number of sulfone groups is 1. The normalized spacial score (nSPS) is 14.9. The lowest BCUT2D eigenvalue weighted by molar-refractivity contribution is 0.393. The Bertz CT molecular complexity index is 1510. The van der Waals surface area contributed by atoms with Gasteiger partial charge in [0.15, 0.2) is 0 Å². The summed E-state index contributed by atoms with van der Waals surface area (Å²) in [6.07, 6.45) is 5.78. The van der Waals surface area contributed by atoms with Crippen LogP contribution in [0, 0.1) is 13.8 Å². The lowest BCUT2D eigenvalue weighted by Crippen LogP contribution is -2.39. The van der Waals surface area contributed by atoms with Crippen molar-refractivity contribution in [2.45, 2.75) is 38.5 Å². The second kappa shape index (κ2) is 9.67. The summed E-state index contributed by atoms with van der Waals surface area (Å²) in [5, 5.41) is 8.63. The predicted octanol–water partition coefficient (Wildman–Crippen LogP) is 4.58. The lowest BCUT2D eigenvalue weighted by Gasteiger charge is -2.31. The highest BCUT2D eigenvalue weighted by Gasteiger charge is 2.28. The van der Waals surface area contributed by atoms with Crippen LogP contribution in [-0.4, -0.2) is 53.1 Å². The molecule has 1 saturated heterocycles. The van der Waals surface area contributed by atoms with Crippen LogP contribution in [0.5, 0.6) is 0 Å². The van der Waals surface area contributed by atoms with E-state index in [1.807, 2.05) is 38.1 Å². The average Bonchev–Trinajstić information content (AvgIpc) is 3.19. The third-order valence-corrected chi connectivity index (χ3v) is 8.45. The van der Waals surface area contributed by atoms with Crippen molar-refractivity contribution in [2.24, 2.45) is 0 Å². The Morgan fingerprint density at radius 1 is 1.14 bits per heavy atom. The van der Waals surface area contributed by atoms with Crippen molar-refractivity contribution in [3.05, 3.63) is 58.7 Å². The van der Waals surface area contributed by atoms with E-state index in [1.54, 1.807) is 12.4 Å². The topological polar surface area (TPSA) is 114 Å². The number of nitrogens with one attached hydrogen (secondary N) is 1. The maximum atomic E-state index is 12.0. The molecule has 36 heavy (non-hydrogen) atoms. The van der Waals surface area contributed by atoms with Crippen molar-refractivity contribution in [3.8, 4) is 11.1 Å². The van der Waals surface area contributed by atoms with E-state index in [-0.39, 0.29) is 5.25 Å². The monoisotopic (exact) mass is 526 g/mol. The summed E-state index contributed by atoms with van der Waals surface area (Å²) in [7, 11) is -3.06. The van der Waals surface area contributed by atoms with E-state index in [1.165, 1.54) is 6.26 Å². The predicted molar refractivity (Wildman–Crippen MR) is 141 cm³/mol. The number of halogens is 1. The fraction of sp³-hybridized carbons (Fsp3) is 0.360. The Labute approximate surface area is 214 Å². The van der Waals surface area contributed by atoms with Crippen LogP contribution in [0.25, 0.3) is 22.0 Å². The van der Waals surface area contributed by atoms with Gasteiger partial charge in [0.1, 0.15) is 21.4 Å². The molecular formula is C25H27ClN6O3S. The van der Waals surface area contributed by atoms with Gasteiger partial charge in [0.2, 0.25) is 5.95 Å². The van der Waals surface area contributed by atoms with E-state index in [0.29, 0.717) is 49.3 Å². The van der Waals surface area contributed by atoms with Crippen molar-refractivity contribution in [1.29, 1.82) is 0 Å². The molecule has 1 fully saturated rings. The molecule has 5 rings (SSSR count). The molecule has 0 atom stereocenters. The van der Waals surface area contributed by atoms with Gasteiger partial charge in [-0.1, -0.05) is 22.8 Å². The first-order valence-corrected chi connectivity index (χ1v) is 14.0.